The summed E-state index contributed by atoms with van der Waals surface area (Å²) >= 11 is 0. The molecule has 0 aromatic heterocycles. The highest BCUT2D eigenvalue weighted by Gasteiger charge is 2.36. The van der Waals surface area contributed by atoms with E-state index in [0.717, 1.165) is 21.1 Å². The van der Waals surface area contributed by atoms with Gasteiger partial charge in [0.1, 0.15) is 0 Å². The number of sulfonamides is 2. The van der Waals surface area contributed by atoms with E-state index in [1.807, 2.05) is 0 Å². The first-order valence-electron chi connectivity index (χ1n) is 6.08. The summed E-state index contributed by atoms with van der Waals surface area (Å²) in [5.41, 5.74) is 0. The fourth-order valence-electron chi connectivity index (χ4n) is 1.42. The van der Waals surface area contributed by atoms with Crippen molar-refractivity contribution in [1.29, 1.82) is 0 Å². The third-order valence-electron chi connectivity index (χ3n) is 2.40. The van der Waals surface area contributed by atoms with Crippen LogP contribution in [0.3, 0.4) is 0 Å². The topological polar surface area (TPSA) is 101 Å². The average molecular weight is 381 g/mol. The van der Waals surface area contributed by atoms with Gasteiger partial charge in [0.2, 0.25) is 27.4 Å². The largest absolute Gasteiger partial charge is 0.368 e. The first-order valence-corrected chi connectivity index (χ1v) is 15.2. The van der Waals surface area contributed by atoms with Crippen molar-refractivity contribution < 1.29 is 25.6 Å². The Morgan fingerprint density at radius 1 is 0.905 bits per heavy atom. The van der Waals surface area contributed by atoms with Gasteiger partial charge in [-0.2, -0.15) is 8.61 Å². The highest BCUT2D eigenvalue weighted by atomic mass is 32.2. The molecule has 0 saturated carbocycles. The Bertz CT molecular complexity index is 569. The van der Waals surface area contributed by atoms with Gasteiger partial charge in [-0.1, -0.05) is 0 Å². The van der Waals surface area contributed by atoms with Crippen molar-refractivity contribution >= 4 is 35.7 Å². The standard InChI is InChI=1S/C9H25N2O6PS2Si/c1-10(19(3,13)14)8-18(12,17-21(5,6)7)9-11(2)20(4,15)16/h8-9H2,1-7H3. The lowest BCUT2D eigenvalue weighted by Gasteiger charge is -2.31. The summed E-state index contributed by atoms with van der Waals surface area (Å²) in [7, 11) is -10.2. The first kappa shape index (κ1) is 21.2. The number of hydrogen-bond acceptors (Lipinski definition) is 6. The zero-order chi connectivity index (χ0) is 17.3. The Hall–Kier alpha value is 0.227. The van der Waals surface area contributed by atoms with Crippen LogP contribution in [0.15, 0.2) is 0 Å². The predicted octanol–water partition coefficient (Wildman–Crippen LogP) is 0.814. The molecule has 0 aliphatic rings. The van der Waals surface area contributed by atoms with Gasteiger partial charge in [-0.05, 0) is 19.6 Å². The van der Waals surface area contributed by atoms with Gasteiger partial charge in [0.05, 0.1) is 25.1 Å². The predicted molar refractivity (Wildman–Crippen MR) is 87.0 cm³/mol. The summed E-state index contributed by atoms with van der Waals surface area (Å²) in [6, 6.07) is 0. The molecule has 0 aliphatic heterocycles. The first-order chi connectivity index (χ1) is 8.96. The van der Waals surface area contributed by atoms with Crippen molar-refractivity contribution in [2.24, 2.45) is 0 Å². The number of rotatable bonds is 8. The zero-order valence-corrected chi connectivity index (χ0v) is 17.0. The normalized spacial score (nSPS) is 14.9. The molecule has 0 spiro atoms. The second-order valence-corrected chi connectivity index (χ2v) is 17.4. The second-order valence-electron chi connectivity index (χ2n) is 6.02. The Balaban J connectivity index is 5.45. The van der Waals surface area contributed by atoms with Gasteiger partial charge >= 0.3 is 0 Å². The van der Waals surface area contributed by atoms with E-state index in [-0.39, 0.29) is 12.6 Å². The maximum absolute atomic E-state index is 12.9. The van der Waals surface area contributed by atoms with Crippen LogP contribution in [0.4, 0.5) is 0 Å². The van der Waals surface area contributed by atoms with Crippen molar-refractivity contribution in [3.8, 4) is 0 Å². The molecule has 0 fully saturated rings. The van der Waals surface area contributed by atoms with Gasteiger partial charge in [-0.3, -0.25) is 4.57 Å². The van der Waals surface area contributed by atoms with Crippen LogP contribution in [-0.2, 0) is 28.8 Å². The summed E-state index contributed by atoms with van der Waals surface area (Å²) < 4.78 is 66.4. The molecule has 0 unspecified atom stereocenters. The van der Waals surface area contributed by atoms with Crippen molar-refractivity contribution in [3.05, 3.63) is 0 Å². The van der Waals surface area contributed by atoms with Crippen LogP contribution in [0.1, 0.15) is 0 Å². The van der Waals surface area contributed by atoms with E-state index in [1.54, 1.807) is 19.6 Å². The van der Waals surface area contributed by atoms with E-state index in [2.05, 4.69) is 0 Å². The number of nitrogens with zero attached hydrogens (tertiary/aromatic N) is 2. The smallest absolute Gasteiger partial charge is 0.223 e. The lowest BCUT2D eigenvalue weighted by atomic mass is 11.2. The molecule has 0 aromatic rings. The third-order valence-corrected chi connectivity index (χ3v) is 10.5. The molecule has 0 amide bonds. The van der Waals surface area contributed by atoms with Gasteiger partial charge < -0.3 is 4.21 Å². The zero-order valence-electron chi connectivity index (χ0n) is 13.5. The molecule has 0 rings (SSSR count). The van der Waals surface area contributed by atoms with Crippen LogP contribution in [0, 0.1) is 0 Å². The molecule has 0 aliphatic carbocycles. The Morgan fingerprint density at radius 3 is 1.38 bits per heavy atom. The molecule has 0 atom stereocenters. The lowest BCUT2D eigenvalue weighted by Crippen LogP contribution is -2.35. The minimum atomic E-state index is -3.53. The van der Waals surface area contributed by atoms with Gasteiger partial charge in [0.15, 0.2) is 8.32 Å². The summed E-state index contributed by atoms with van der Waals surface area (Å²) in [4.78, 5) is 0. The summed E-state index contributed by atoms with van der Waals surface area (Å²) in [6.07, 6.45) is 1.28. The highest BCUT2D eigenvalue weighted by Crippen LogP contribution is 2.50. The van der Waals surface area contributed by atoms with Crippen LogP contribution in [-0.4, -0.2) is 72.9 Å². The number of hydrogen-bond donors (Lipinski definition) is 0. The van der Waals surface area contributed by atoms with E-state index < -0.39 is 35.7 Å². The van der Waals surface area contributed by atoms with Crippen molar-refractivity contribution in [2.75, 3.05) is 39.2 Å². The van der Waals surface area contributed by atoms with Crippen LogP contribution in [0.25, 0.3) is 0 Å². The molecule has 0 aromatic carbocycles. The maximum atomic E-state index is 12.9. The summed E-state index contributed by atoms with van der Waals surface area (Å²) in [5.74, 6) is 0. The monoisotopic (exact) mass is 380 g/mol. The van der Waals surface area contributed by atoms with Gasteiger partial charge in [0.25, 0.3) is 0 Å². The molecule has 12 heteroatoms. The molecule has 0 N–H and O–H groups in total. The van der Waals surface area contributed by atoms with Gasteiger partial charge in [-0.15, -0.1) is 0 Å². The van der Waals surface area contributed by atoms with Crippen molar-refractivity contribution in [1.82, 2.24) is 8.61 Å². The molecular weight excluding hydrogens is 355 g/mol. The average Bonchev–Trinajstić information content (AvgIpc) is 2.09. The van der Waals surface area contributed by atoms with Crippen LogP contribution in [0.5, 0.6) is 0 Å². The molecule has 0 radical (unpaired) electrons. The second kappa shape index (κ2) is 6.77. The van der Waals surface area contributed by atoms with Crippen LogP contribution in [0.2, 0.25) is 19.6 Å². The van der Waals surface area contributed by atoms with Crippen LogP contribution >= 0.6 is 7.37 Å². The lowest BCUT2D eigenvalue weighted by molar-refractivity contribution is 0.425. The Labute approximate surface area is 129 Å². The quantitative estimate of drug-likeness (QED) is 0.456. The van der Waals surface area contributed by atoms with E-state index in [4.69, 9.17) is 4.21 Å². The molecule has 21 heavy (non-hydrogen) atoms. The van der Waals surface area contributed by atoms with E-state index in [0.29, 0.717) is 0 Å². The van der Waals surface area contributed by atoms with Crippen molar-refractivity contribution in [2.45, 2.75) is 19.6 Å². The maximum Gasteiger partial charge on any atom is 0.223 e. The van der Waals surface area contributed by atoms with E-state index >= 15 is 0 Å². The van der Waals surface area contributed by atoms with Gasteiger partial charge in [-0.25, -0.2) is 16.8 Å². The Morgan fingerprint density at radius 2 is 1.19 bits per heavy atom. The minimum absolute atomic E-state index is 0.351. The summed E-state index contributed by atoms with van der Waals surface area (Å²) in [5, 5.41) is 0. The molecular formula is C9H25N2O6PS2Si. The highest BCUT2D eigenvalue weighted by molar-refractivity contribution is 7.89. The fraction of sp³-hybridized carbons (Fsp3) is 1.00. The molecule has 0 saturated heterocycles. The van der Waals surface area contributed by atoms with E-state index in [9.17, 15) is 21.4 Å². The SMILES string of the molecule is CN(CP(=O)(CN(C)S(C)(=O)=O)O[Si](C)(C)C)S(C)(=O)=O. The molecule has 8 nitrogen and oxygen atoms in total. The molecule has 0 bridgehead atoms. The van der Waals surface area contributed by atoms with Gasteiger partial charge in [0, 0.05) is 14.1 Å². The Kier molecular flexibility index (Phi) is 6.85. The summed E-state index contributed by atoms with van der Waals surface area (Å²) in [6.45, 7) is 5.42. The third kappa shape index (κ3) is 8.43. The van der Waals surface area contributed by atoms with Crippen molar-refractivity contribution in [3.63, 3.8) is 0 Å². The van der Waals surface area contributed by atoms with E-state index in [1.165, 1.54) is 14.1 Å². The molecule has 128 valence electrons. The molecule has 0 heterocycles. The fourth-order valence-corrected chi connectivity index (χ4v) is 9.91. The van der Waals surface area contributed by atoms with Crippen LogP contribution < -0.4 is 0 Å². The minimum Gasteiger partial charge on any atom is -0.368 e.